The Labute approximate surface area is 262 Å². The van der Waals surface area contributed by atoms with Gasteiger partial charge in [0, 0.05) is 31.6 Å². The van der Waals surface area contributed by atoms with E-state index in [9.17, 15) is 14.4 Å². The van der Waals surface area contributed by atoms with Crippen molar-refractivity contribution in [2.45, 2.75) is 39.9 Å². The highest BCUT2D eigenvalue weighted by atomic mass is 16.5. The van der Waals surface area contributed by atoms with Crippen LogP contribution in [0.15, 0.2) is 42.5 Å². The molecule has 0 bridgehead atoms. The quantitative estimate of drug-likeness (QED) is 0.192. The number of allylic oxidation sites excluding steroid dienone is 2. The lowest BCUT2D eigenvalue weighted by molar-refractivity contribution is 0.0600. The second-order valence-corrected chi connectivity index (χ2v) is 10.6. The second-order valence-electron chi connectivity index (χ2n) is 10.6. The van der Waals surface area contributed by atoms with Crippen molar-refractivity contribution in [3.63, 3.8) is 0 Å². The van der Waals surface area contributed by atoms with E-state index < -0.39 is 11.9 Å². The average molecular weight is 628 g/mol. The predicted octanol–water partition coefficient (Wildman–Crippen LogP) is 3.05. The Bertz CT molecular complexity index is 2040. The van der Waals surface area contributed by atoms with Crippen LogP contribution in [0.25, 0.3) is 22.1 Å². The van der Waals surface area contributed by atoms with Gasteiger partial charge in [-0.3, -0.25) is 19.6 Å². The molecule has 3 aromatic heterocycles. The summed E-state index contributed by atoms with van der Waals surface area (Å²) in [5.41, 5.74) is 15.6. The largest absolute Gasteiger partial charge is 0.491 e. The number of aryl methyl sites for hydroxylation is 2. The standard InChI is InChI=1S/C31H33N9O6/c1-4-40-22(12-17(2)37-40)28(42)36-31-35-21-13-18(27(32)41)15-23-26(21)39(31)9-6-5-8-38-25-20(34-30(38)33)14-19(29(43)44-3)16-24(25)46-11-7-10-45-23/h5-6,12-16H,4,7-11H2,1-3H3,(H2,32,41)(H2,33,34)(H,35,36,42)/b6-5+. The van der Waals surface area contributed by atoms with Gasteiger partial charge in [0.05, 0.1) is 42.6 Å². The third-order valence-corrected chi connectivity index (χ3v) is 7.55. The molecule has 0 spiro atoms. The monoisotopic (exact) mass is 627 g/mol. The zero-order valence-corrected chi connectivity index (χ0v) is 25.6. The van der Waals surface area contributed by atoms with Gasteiger partial charge in [-0.05, 0) is 44.2 Å². The number of carbonyl (C=O) groups is 3. The van der Waals surface area contributed by atoms with Gasteiger partial charge in [0.15, 0.2) is 0 Å². The van der Waals surface area contributed by atoms with E-state index in [-0.39, 0.29) is 48.7 Å². The van der Waals surface area contributed by atoms with Gasteiger partial charge in [-0.2, -0.15) is 5.10 Å². The minimum absolute atomic E-state index is 0.205. The molecule has 15 nitrogen and oxygen atoms in total. The minimum Gasteiger partial charge on any atom is -0.491 e. The van der Waals surface area contributed by atoms with Crippen molar-refractivity contribution >= 4 is 51.7 Å². The average Bonchev–Trinajstić information content (AvgIpc) is 3.69. The Balaban J connectivity index is 1.43. The maximum Gasteiger partial charge on any atom is 0.338 e. The number of anilines is 2. The maximum atomic E-state index is 13.4. The molecule has 2 amide bonds. The molecule has 5 N–H and O–H groups in total. The maximum absolute atomic E-state index is 13.4. The molecule has 0 saturated heterocycles. The number of benzene rings is 2. The number of aromatic nitrogens is 6. The number of imidazole rings is 2. The van der Waals surface area contributed by atoms with Crippen LogP contribution in [-0.4, -0.2) is 67.0 Å². The lowest BCUT2D eigenvalue weighted by Crippen LogP contribution is -2.20. The number of nitrogen functional groups attached to an aromatic ring is 1. The molecular formula is C31H33N9O6. The Morgan fingerprint density at radius 2 is 1.57 bits per heavy atom. The molecule has 5 aromatic rings. The lowest BCUT2D eigenvalue weighted by atomic mass is 10.1. The van der Waals surface area contributed by atoms with Gasteiger partial charge in [0.1, 0.15) is 28.2 Å². The molecule has 0 saturated carbocycles. The third-order valence-electron chi connectivity index (χ3n) is 7.55. The first kappa shape index (κ1) is 30.2. The van der Waals surface area contributed by atoms with Gasteiger partial charge in [-0.15, -0.1) is 0 Å². The molecule has 238 valence electrons. The van der Waals surface area contributed by atoms with Gasteiger partial charge in [0.25, 0.3) is 5.91 Å². The Kier molecular flexibility index (Phi) is 8.04. The van der Waals surface area contributed by atoms with Crippen LogP contribution in [0.4, 0.5) is 11.9 Å². The molecular weight excluding hydrogens is 594 g/mol. The number of primary amides is 1. The molecule has 6 rings (SSSR count). The summed E-state index contributed by atoms with van der Waals surface area (Å²) < 4.78 is 22.4. The van der Waals surface area contributed by atoms with Crippen molar-refractivity contribution in [1.82, 2.24) is 28.9 Å². The zero-order valence-electron chi connectivity index (χ0n) is 25.6. The number of amides is 2. The number of methoxy groups -OCH3 is 1. The lowest BCUT2D eigenvalue weighted by Gasteiger charge is -2.13. The van der Waals surface area contributed by atoms with Crippen LogP contribution >= 0.6 is 0 Å². The third kappa shape index (κ3) is 5.58. The number of esters is 1. The summed E-state index contributed by atoms with van der Waals surface area (Å²) >= 11 is 0. The van der Waals surface area contributed by atoms with E-state index in [1.165, 1.54) is 7.11 Å². The SMILES string of the molecule is CCn1nc(C)cc1C(=O)Nc1nc2cc(C(N)=O)cc3c2n1C/C=C/Cn1c(N)nc2cc(C(=O)OC)cc(c21)OCCCO3. The Morgan fingerprint density at radius 1 is 0.935 bits per heavy atom. The fourth-order valence-electron chi connectivity index (χ4n) is 5.45. The van der Waals surface area contributed by atoms with E-state index in [0.29, 0.717) is 64.5 Å². The normalized spacial score (nSPS) is 14.2. The van der Waals surface area contributed by atoms with E-state index in [4.69, 9.17) is 25.7 Å². The fraction of sp³-hybridized carbons (Fsp3) is 0.290. The van der Waals surface area contributed by atoms with Crippen molar-refractivity contribution in [2.75, 3.05) is 31.4 Å². The first-order valence-electron chi connectivity index (χ1n) is 14.7. The van der Waals surface area contributed by atoms with E-state index in [1.54, 1.807) is 44.1 Å². The second kappa shape index (κ2) is 12.3. The van der Waals surface area contributed by atoms with E-state index >= 15 is 0 Å². The van der Waals surface area contributed by atoms with Crippen LogP contribution in [0.1, 0.15) is 50.2 Å². The molecule has 0 fully saturated rings. The molecule has 0 atom stereocenters. The number of hydrogen-bond donors (Lipinski definition) is 3. The number of ether oxygens (including phenoxy) is 3. The molecule has 0 radical (unpaired) electrons. The van der Waals surface area contributed by atoms with Crippen LogP contribution in [0.3, 0.4) is 0 Å². The van der Waals surface area contributed by atoms with Crippen molar-refractivity contribution in [3.05, 3.63) is 65.0 Å². The van der Waals surface area contributed by atoms with Crippen LogP contribution < -0.4 is 26.3 Å². The summed E-state index contributed by atoms with van der Waals surface area (Å²) in [6.45, 7) is 5.26. The molecule has 46 heavy (non-hydrogen) atoms. The Hall–Kier alpha value is -5.86. The molecule has 0 unspecified atom stereocenters. The van der Waals surface area contributed by atoms with Crippen molar-refractivity contribution in [2.24, 2.45) is 5.73 Å². The summed E-state index contributed by atoms with van der Waals surface area (Å²) in [7, 11) is 1.30. The van der Waals surface area contributed by atoms with Crippen LogP contribution in [0.5, 0.6) is 11.5 Å². The van der Waals surface area contributed by atoms with Gasteiger partial charge >= 0.3 is 5.97 Å². The molecule has 2 aromatic carbocycles. The molecule has 1 aliphatic rings. The highest BCUT2D eigenvalue weighted by Gasteiger charge is 2.22. The van der Waals surface area contributed by atoms with Crippen molar-refractivity contribution in [3.8, 4) is 11.5 Å². The van der Waals surface area contributed by atoms with Gasteiger partial charge < -0.3 is 34.8 Å². The highest BCUT2D eigenvalue weighted by Crippen LogP contribution is 2.33. The number of nitrogens with two attached hydrogens (primary N) is 2. The first-order valence-corrected chi connectivity index (χ1v) is 14.7. The minimum atomic E-state index is -0.647. The topological polar surface area (TPSA) is 196 Å². The van der Waals surface area contributed by atoms with Gasteiger partial charge in [-0.25, -0.2) is 14.8 Å². The van der Waals surface area contributed by atoms with Crippen LogP contribution in [0.2, 0.25) is 0 Å². The van der Waals surface area contributed by atoms with E-state index in [0.717, 1.165) is 0 Å². The van der Waals surface area contributed by atoms with Crippen molar-refractivity contribution < 1.29 is 28.6 Å². The number of nitrogens with one attached hydrogen (secondary N) is 1. The summed E-state index contributed by atoms with van der Waals surface area (Å²) in [6, 6.07) is 8.05. The molecule has 1 aliphatic heterocycles. The highest BCUT2D eigenvalue weighted by molar-refractivity contribution is 6.04. The number of nitrogens with zero attached hydrogens (tertiary/aromatic N) is 6. The summed E-state index contributed by atoms with van der Waals surface area (Å²) in [4.78, 5) is 47.1. The van der Waals surface area contributed by atoms with Crippen molar-refractivity contribution in [1.29, 1.82) is 0 Å². The fourth-order valence-corrected chi connectivity index (χ4v) is 5.45. The van der Waals surface area contributed by atoms with E-state index in [1.807, 2.05) is 26.0 Å². The number of rotatable bonds is 5. The zero-order chi connectivity index (χ0) is 32.5. The Morgan fingerprint density at radius 3 is 2.24 bits per heavy atom. The molecule has 4 heterocycles. The molecule has 15 heteroatoms. The summed E-state index contributed by atoms with van der Waals surface area (Å²) in [6.07, 6.45) is 4.21. The summed E-state index contributed by atoms with van der Waals surface area (Å²) in [5.74, 6) is -0.289. The van der Waals surface area contributed by atoms with Gasteiger partial charge in [-0.1, -0.05) is 12.2 Å². The first-order chi connectivity index (χ1) is 22.2. The van der Waals surface area contributed by atoms with Crippen LogP contribution in [-0.2, 0) is 24.4 Å². The molecule has 0 aliphatic carbocycles. The smallest absolute Gasteiger partial charge is 0.338 e. The predicted molar refractivity (Wildman–Crippen MR) is 169 cm³/mol. The number of carbonyl (C=O) groups excluding carboxylic acids is 3. The number of hydrogen-bond acceptors (Lipinski definition) is 10. The summed E-state index contributed by atoms with van der Waals surface area (Å²) in [5, 5.41) is 7.29. The van der Waals surface area contributed by atoms with E-state index in [2.05, 4.69) is 20.4 Å². The van der Waals surface area contributed by atoms with Crippen LogP contribution in [0, 0.1) is 6.92 Å². The van der Waals surface area contributed by atoms with Gasteiger partial charge in [0.2, 0.25) is 17.8 Å².